The lowest BCUT2D eigenvalue weighted by atomic mass is 10.1. The molecule has 0 radical (unpaired) electrons. The van der Waals surface area contributed by atoms with Crippen LogP contribution in [0.1, 0.15) is 21.5 Å². The first-order valence-corrected chi connectivity index (χ1v) is 10.4. The van der Waals surface area contributed by atoms with Gasteiger partial charge in [-0.2, -0.15) is 0 Å². The van der Waals surface area contributed by atoms with Gasteiger partial charge in [0.05, 0.1) is 4.90 Å². The van der Waals surface area contributed by atoms with Gasteiger partial charge in [-0.25, -0.2) is 13.1 Å². The minimum atomic E-state index is -3.60. The van der Waals surface area contributed by atoms with Crippen molar-refractivity contribution >= 4 is 21.6 Å². The van der Waals surface area contributed by atoms with E-state index in [9.17, 15) is 13.2 Å². The molecule has 0 saturated carbocycles. The van der Waals surface area contributed by atoms with Crippen LogP contribution in [-0.4, -0.2) is 20.9 Å². The number of amides is 1. The fourth-order valence-corrected chi connectivity index (χ4v) is 3.83. The number of aryl methyl sites for hydroxylation is 1. The van der Waals surface area contributed by atoms with Crippen LogP contribution in [0.15, 0.2) is 83.8 Å². The van der Waals surface area contributed by atoms with Crippen molar-refractivity contribution in [1.29, 1.82) is 0 Å². The number of hydrogen-bond donors (Lipinski definition) is 2. The molecule has 0 spiro atoms. The molecule has 0 saturated heterocycles. The molecule has 3 aromatic carbocycles. The van der Waals surface area contributed by atoms with Crippen LogP contribution in [0.4, 0.5) is 5.69 Å². The molecule has 2 N–H and O–H groups in total. The molecular weight excluding hydrogens is 372 g/mol. The lowest BCUT2D eigenvalue weighted by molar-refractivity contribution is 0.102. The van der Waals surface area contributed by atoms with Gasteiger partial charge in [-0.1, -0.05) is 48.5 Å². The van der Waals surface area contributed by atoms with Crippen molar-refractivity contribution in [3.05, 3.63) is 95.6 Å². The summed E-state index contributed by atoms with van der Waals surface area (Å²) in [6.45, 7) is 2.18. The second kappa shape index (κ2) is 8.82. The summed E-state index contributed by atoms with van der Waals surface area (Å²) < 4.78 is 27.4. The highest BCUT2D eigenvalue weighted by Crippen LogP contribution is 2.16. The van der Waals surface area contributed by atoms with Crippen molar-refractivity contribution in [3.8, 4) is 0 Å². The van der Waals surface area contributed by atoms with Gasteiger partial charge in [-0.3, -0.25) is 4.79 Å². The number of rotatable bonds is 7. The number of carbonyl (C=O) groups is 1. The molecule has 28 heavy (non-hydrogen) atoms. The number of carbonyl (C=O) groups excluding carboxylic acids is 1. The van der Waals surface area contributed by atoms with Gasteiger partial charge in [0.2, 0.25) is 10.0 Å². The smallest absolute Gasteiger partial charge is 0.255 e. The van der Waals surface area contributed by atoms with Crippen molar-refractivity contribution in [2.45, 2.75) is 18.2 Å². The summed E-state index contributed by atoms with van der Waals surface area (Å²) in [7, 11) is -3.60. The van der Waals surface area contributed by atoms with Crippen molar-refractivity contribution in [2.24, 2.45) is 0 Å². The van der Waals surface area contributed by atoms with Crippen LogP contribution in [-0.2, 0) is 16.4 Å². The zero-order valence-corrected chi connectivity index (χ0v) is 16.4. The van der Waals surface area contributed by atoms with E-state index in [1.165, 1.54) is 12.1 Å². The number of anilines is 1. The minimum Gasteiger partial charge on any atom is -0.322 e. The van der Waals surface area contributed by atoms with Crippen LogP contribution in [0.25, 0.3) is 0 Å². The fourth-order valence-electron chi connectivity index (χ4n) is 2.80. The maximum absolute atomic E-state index is 12.4. The van der Waals surface area contributed by atoms with Gasteiger partial charge in [0.1, 0.15) is 0 Å². The Morgan fingerprint density at radius 1 is 0.857 bits per heavy atom. The first-order valence-electron chi connectivity index (χ1n) is 8.96. The van der Waals surface area contributed by atoms with Gasteiger partial charge >= 0.3 is 0 Å². The molecule has 5 nitrogen and oxygen atoms in total. The zero-order chi connectivity index (χ0) is 20.0. The molecule has 0 unspecified atom stereocenters. The van der Waals surface area contributed by atoms with Gasteiger partial charge in [-0.05, 0) is 54.8 Å². The topological polar surface area (TPSA) is 75.3 Å². The Morgan fingerprint density at radius 2 is 1.50 bits per heavy atom. The molecule has 6 heteroatoms. The molecule has 0 aliphatic carbocycles. The Bertz CT molecular complexity index is 1050. The van der Waals surface area contributed by atoms with E-state index in [2.05, 4.69) is 10.0 Å². The third-order valence-corrected chi connectivity index (χ3v) is 5.84. The maximum Gasteiger partial charge on any atom is 0.255 e. The standard InChI is InChI=1S/C22H22N2O3S/c1-17-7-5-6-10-21(17)22(25)24-19-11-13-20(14-12-19)28(26,27)23-16-15-18-8-3-2-4-9-18/h2-14,23H,15-16H2,1H3,(H,24,25). The maximum atomic E-state index is 12.4. The Balaban J connectivity index is 1.61. The summed E-state index contributed by atoms with van der Waals surface area (Å²) in [4.78, 5) is 12.5. The van der Waals surface area contributed by atoms with Gasteiger partial charge in [0.25, 0.3) is 5.91 Å². The second-order valence-electron chi connectivity index (χ2n) is 6.43. The van der Waals surface area contributed by atoms with Crippen LogP contribution in [0.2, 0.25) is 0 Å². The van der Waals surface area contributed by atoms with E-state index >= 15 is 0 Å². The van der Waals surface area contributed by atoms with Gasteiger partial charge in [0, 0.05) is 17.8 Å². The number of nitrogens with one attached hydrogen (secondary N) is 2. The third kappa shape index (κ3) is 5.06. The summed E-state index contributed by atoms with van der Waals surface area (Å²) in [6.07, 6.45) is 0.616. The molecule has 0 atom stereocenters. The molecule has 3 aromatic rings. The molecule has 0 aliphatic heterocycles. The monoisotopic (exact) mass is 394 g/mol. The van der Waals surface area contributed by atoms with Gasteiger partial charge < -0.3 is 5.32 Å². The van der Waals surface area contributed by atoms with Crippen LogP contribution >= 0.6 is 0 Å². The average molecular weight is 394 g/mol. The van der Waals surface area contributed by atoms with Crippen LogP contribution in [0.3, 0.4) is 0 Å². The second-order valence-corrected chi connectivity index (χ2v) is 8.19. The van der Waals surface area contributed by atoms with Gasteiger partial charge in [0.15, 0.2) is 0 Å². The Labute approximate surface area is 165 Å². The highest BCUT2D eigenvalue weighted by atomic mass is 32.2. The molecule has 0 aliphatic rings. The third-order valence-electron chi connectivity index (χ3n) is 4.36. The molecule has 3 rings (SSSR count). The van der Waals surface area contributed by atoms with E-state index in [0.717, 1.165) is 11.1 Å². The number of hydrogen-bond acceptors (Lipinski definition) is 3. The summed E-state index contributed by atoms with van der Waals surface area (Å²) in [5.41, 5.74) is 3.07. The summed E-state index contributed by atoms with van der Waals surface area (Å²) >= 11 is 0. The largest absolute Gasteiger partial charge is 0.322 e. The number of sulfonamides is 1. The van der Waals surface area contributed by atoms with Crippen LogP contribution in [0, 0.1) is 6.92 Å². The highest BCUT2D eigenvalue weighted by molar-refractivity contribution is 7.89. The Kier molecular flexibility index (Phi) is 6.23. The van der Waals surface area contributed by atoms with Crippen LogP contribution in [0.5, 0.6) is 0 Å². The zero-order valence-electron chi connectivity index (χ0n) is 15.6. The lowest BCUT2D eigenvalue weighted by Gasteiger charge is -2.10. The predicted molar refractivity (Wildman–Crippen MR) is 111 cm³/mol. The van der Waals surface area contributed by atoms with E-state index in [1.54, 1.807) is 24.3 Å². The Hall–Kier alpha value is -2.96. The van der Waals surface area contributed by atoms with Crippen molar-refractivity contribution in [3.63, 3.8) is 0 Å². The molecule has 0 bridgehead atoms. The fraction of sp³-hybridized carbons (Fsp3) is 0.136. The van der Waals surface area contributed by atoms with E-state index in [4.69, 9.17) is 0 Å². The summed E-state index contributed by atoms with van der Waals surface area (Å²) in [5, 5.41) is 2.79. The number of benzene rings is 3. The van der Waals surface area contributed by atoms with E-state index in [-0.39, 0.29) is 10.8 Å². The first kappa shape index (κ1) is 19.8. The SMILES string of the molecule is Cc1ccccc1C(=O)Nc1ccc(S(=O)(=O)NCCc2ccccc2)cc1. The molecular formula is C22H22N2O3S. The van der Waals surface area contributed by atoms with Crippen molar-refractivity contribution < 1.29 is 13.2 Å². The quantitative estimate of drug-likeness (QED) is 0.641. The predicted octanol–water partition coefficient (Wildman–Crippen LogP) is 3.77. The van der Waals surface area contributed by atoms with E-state index in [0.29, 0.717) is 24.2 Å². The molecule has 1 amide bonds. The highest BCUT2D eigenvalue weighted by Gasteiger charge is 2.14. The van der Waals surface area contributed by atoms with E-state index in [1.807, 2.05) is 49.4 Å². The van der Waals surface area contributed by atoms with Crippen molar-refractivity contribution in [2.75, 3.05) is 11.9 Å². The lowest BCUT2D eigenvalue weighted by Crippen LogP contribution is -2.26. The first-order chi connectivity index (χ1) is 13.5. The molecule has 0 fully saturated rings. The minimum absolute atomic E-state index is 0.162. The normalized spacial score (nSPS) is 11.2. The Morgan fingerprint density at radius 3 is 2.18 bits per heavy atom. The molecule has 144 valence electrons. The van der Waals surface area contributed by atoms with Crippen LogP contribution < -0.4 is 10.0 Å². The summed E-state index contributed by atoms with van der Waals surface area (Å²) in [5.74, 6) is -0.227. The van der Waals surface area contributed by atoms with E-state index < -0.39 is 10.0 Å². The van der Waals surface area contributed by atoms with Gasteiger partial charge in [-0.15, -0.1) is 0 Å². The average Bonchev–Trinajstić information content (AvgIpc) is 2.69. The summed E-state index contributed by atoms with van der Waals surface area (Å²) in [6, 6.07) is 23.1. The molecule has 0 aromatic heterocycles. The van der Waals surface area contributed by atoms with Crippen molar-refractivity contribution in [1.82, 2.24) is 4.72 Å². The molecule has 0 heterocycles.